The summed E-state index contributed by atoms with van der Waals surface area (Å²) in [5.74, 6) is 1.47. The SMILES string of the molecule is CC(=O)[C@H](N)[C@H](C)CCCCC1CCCC1. The molecule has 0 aliphatic heterocycles. The van der Waals surface area contributed by atoms with Crippen LogP contribution >= 0.6 is 0 Å². The number of hydrogen-bond acceptors (Lipinski definition) is 2. The molecule has 2 nitrogen and oxygen atoms in total. The van der Waals surface area contributed by atoms with Crippen LogP contribution in [0.15, 0.2) is 0 Å². The van der Waals surface area contributed by atoms with Crippen LogP contribution in [0.4, 0.5) is 0 Å². The van der Waals surface area contributed by atoms with Gasteiger partial charge in [-0.2, -0.15) is 0 Å². The van der Waals surface area contributed by atoms with E-state index in [0.717, 1.165) is 12.3 Å². The van der Waals surface area contributed by atoms with Crippen LogP contribution in [0.3, 0.4) is 0 Å². The topological polar surface area (TPSA) is 43.1 Å². The molecule has 1 aliphatic rings. The van der Waals surface area contributed by atoms with Crippen molar-refractivity contribution in [3.63, 3.8) is 0 Å². The van der Waals surface area contributed by atoms with Crippen LogP contribution in [0.2, 0.25) is 0 Å². The first kappa shape index (κ1) is 13.7. The molecule has 1 aliphatic carbocycles. The minimum absolute atomic E-state index is 0.128. The van der Waals surface area contributed by atoms with Crippen molar-refractivity contribution in [3.05, 3.63) is 0 Å². The Balaban J connectivity index is 2.03. The van der Waals surface area contributed by atoms with Crippen molar-refractivity contribution in [1.82, 2.24) is 0 Å². The number of rotatable bonds is 7. The molecule has 1 fully saturated rings. The smallest absolute Gasteiger partial charge is 0.146 e. The van der Waals surface area contributed by atoms with E-state index in [-0.39, 0.29) is 11.8 Å². The number of ketones is 1. The highest BCUT2D eigenvalue weighted by atomic mass is 16.1. The first-order valence-electron chi connectivity index (χ1n) is 6.87. The number of Topliss-reactive ketones (excluding diaryl/α,β-unsaturated/α-hetero) is 1. The van der Waals surface area contributed by atoms with Gasteiger partial charge in [0.05, 0.1) is 6.04 Å². The van der Waals surface area contributed by atoms with Gasteiger partial charge in [0, 0.05) is 0 Å². The van der Waals surface area contributed by atoms with Crippen molar-refractivity contribution in [2.24, 2.45) is 17.6 Å². The second-order valence-corrected chi connectivity index (χ2v) is 5.55. The third-order valence-electron chi connectivity index (χ3n) is 4.08. The van der Waals surface area contributed by atoms with Gasteiger partial charge in [-0.1, -0.05) is 51.9 Å². The lowest BCUT2D eigenvalue weighted by Gasteiger charge is -2.17. The first-order valence-corrected chi connectivity index (χ1v) is 6.87. The van der Waals surface area contributed by atoms with Crippen LogP contribution in [0.1, 0.15) is 65.2 Å². The largest absolute Gasteiger partial charge is 0.321 e. The third kappa shape index (κ3) is 4.65. The quantitative estimate of drug-likeness (QED) is 0.676. The fourth-order valence-corrected chi connectivity index (χ4v) is 2.78. The lowest BCUT2D eigenvalue weighted by molar-refractivity contribution is -0.119. The van der Waals surface area contributed by atoms with E-state index in [0.29, 0.717) is 5.92 Å². The van der Waals surface area contributed by atoms with Gasteiger partial charge in [-0.3, -0.25) is 4.79 Å². The van der Waals surface area contributed by atoms with E-state index in [4.69, 9.17) is 5.73 Å². The van der Waals surface area contributed by atoms with Gasteiger partial charge in [-0.15, -0.1) is 0 Å². The van der Waals surface area contributed by atoms with Crippen LogP contribution in [0.25, 0.3) is 0 Å². The minimum Gasteiger partial charge on any atom is -0.321 e. The zero-order chi connectivity index (χ0) is 12.0. The van der Waals surface area contributed by atoms with E-state index < -0.39 is 0 Å². The highest BCUT2D eigenvalue weighted by Crippen LogP contribution is 2.29. The van der Waals surface area contributed by atoms with Crippen molar-refractivity contribution >= 4 is 5.78 Å². The highest BCUT2D eigenvalue weighted by molar-refractivity contribution is 5.81. The van der Waals surface area contributed by atoms with E-state index in [1.807, 2.05) is 0 Å². The Hall–Kier alpha value is -0.370. The molecule has 1 rings (SSSR count). The maximum absolute atomic E-state index is 11.1. The van der Waals surface area contributed by atoms with E-state index >= 15 is 0 Å². The molecule has 94 valence electrons. The molecule has 0 aromatic heterocycles. The summed E-state index contributed by atoms with van der Waals surface area (Å²) in [7, 11) is 0. The van der Waals surface area contributed by atoms with Gasteiger partial charge >= 0.3 is 0 Å². The average Bonchev–Trinajstić information content (AvgIpc) is 2.75. The fourth-order valence-electron chi connectivity index (χ4n) is 2.78. The van der Waals surface area contributed by atoms with Gasteiger partial charge in [0.1, 0.15) is 5.78 Å². The molecule has 0 aromatic rings. The number of hydrogen-bond donors (Lipinski definition) is 1. The maximum atomic E-state index is 11.1. The van der Waals surface area contributed by atoms with Crippen LogP contribution in [-0.4, -0.2) is 11.8 Å². The van der Waals surface area contributed by atoms with E-state index in [1.54, 1.807) is 6.92 Å². The number of unbranched alkanes of at least 4 members (excludes halogenated alkanes) is 1. The van der Waals surface area contributed by atoms with Crippen LogP contribution < -0.4 is 5.73 Å². The summed E-state index contributed by atoms with van der Waals surface area (Å²) in [6.07, 6.45) is 10.8. The molecule has 2 heteroatoms. The van der Waals surface area contributed by atoms with Gasteiger partial charge in [0.25, 0.3) is 0 Å². The van der Waals surface area contributed by atoms with E-state index in [2.05, 4.69) is 6.92 Å². The summed E-state index contributed by atoms with van der Waals surface area (Å²) < 4.78 is 0. The van der Waals surface area contributed by atoms with Crippen molar-refractivity contribution in [2.45, 2.75) is 71.3 Å². The average molecular weight is 225 g/mol. The standard InChI is InChI=1S/C14H27NO/c1-11(14(15)12(2)16)7-3-4-8-13-9-5-6-10-13/h11,13-14H,3-10,15H2,1-2H3/t11-,14-/m1/s1. The van der Waals surface area contributed by atoms with Crippen LogP contribution in [-0.2, 0) is 4.79 Å². The monoisotopic (exact) mass is 225 g/mol. The molecule has 0 bridgehead atoms. The van der Waals surface area contributed by atoms with Crippen molar-refractivity contribution in [2.75, 3.05) is 0 Å². The Morgan fingerprint density at radius 3 is 2.50 bits per heavy atom. The van der Waals surface area contributed by atoms with Gasteiger partial charge in [0.2, 0.25) is 0 Å². The molecule has 0 radical (unpaired) electrons. The summed E-state index contributed by atoms with van der Waals surface area (Å²) in [5, 5.41) is 0. The first-order chi connectivity index (χ1) is 7.61. The van der Waals surface area contributed by atoms with E-state index in [9.17, 15) is 4.79 Å². The van der Waals surface area contributed by atoms with Crippen molar-refractivity contribution in [3.8, 4) is 0 Å². The molecule has 0 spiro atoms. The summed E-state index contributed by atoms with van der Waals surface area (Å²) in [6, 6.07) is -0.244. The van der Waals surface area contributed by atoms with E-state index in [1.165, 1.54) is 44.9 Å². The van der Waals surface area contributed by atoms with Crippen molar-refractivity contribution in [1.29, 1.82) is 0 Å². The molecule has 1 saturated carbocycles. The van der Waals surface area contributed by atoms with Gasteiger partial charge in [0.15, 0.2) is 0 Å². The molecule has 16 heavy (non-hydrogen) atoms. The molecular formula is C14H27NO. The molecule has 0 saturated heterocycles. The lowest BCUT2D eigenvalue weighted by Crippen LogP contribution is -2.35. The molecule has 0 heterocycles. The van der Waals surface area contributed by atoms with Gasteiger partial charge in [-0.25, -0.2) is 0 Å². The Morgan fingerprint density at radius 2 is 1.94 bits per heavy atom. The predicted octanol–water partition coefficient (Wildman–Crippen LogP) is 3.29. The maximum Gasteiger partial charge on any atom is 0.146 e. The lowest BCUT2D eigenvalue weighted by atomic mass is 9.92. The highest BCUT2D eigenvalue weighted by Gasteiger charge is 2.17. The molecule has 2 N–H and O–H groups in total. The molecular weight excluding hydrogens is 198 g/mol. The Morgan fingerprint density at radius 1 is 1.31 bits per heavy atom. The number of carbonyl (C=O) groups excluding carboxylic acids is 1. The normalized spacial score (nSPS) is 20.9. The summed E-state index contributed by atoms with van der Waals surface area (Å²) in [4.78, 5) is 11.1. The Labute approximate surface area is 100.0 Å². The van der Waals surface area contributed by atoms with Crippen molar-refractivity contribution < 1.29 is 4.79 Å². The Kier molecular flexibility index (Phi) is 6.04. The fraction of sp³-hybridized carbons (Fsp3) is 0.929. The molecule has 0 aromatic carbocycles. The summed E-state index contributed by atoms with van der Waals surface area (Å²) >= 11 is 0. The van der Waals surface area contributed by atoms with Gasteiger partial charge in [-0.05, 0) is 25.2 Å². The number of nitrogens with two attached hydrogens (primary N) is 1. The summed E-state index contributed by atoms with van der Waals surface area (Å²) in [6.45, 7) is 3.70. The number of carbonyl (C=O) groups is 1. The second-order valence-electron chi connectivity index (χ2n) is 5.55. The van der Waals surface area contributed by atoms with Crippen LogP contribution in [0, 0.1) is 11.8 Å². The third-order valence-corrected chi connectivity index (χ3v) is 4.08. The zero-order valence-corrected chi connectivity index (χ0v) is 10.9. The molecule has 2 atom stereocenters. The van der Waals surface area contributed by atoms with Crippen LogP contribution in [0.5, 0.6) is 0 Å². The molecule has 0 unspecified atom stereocenters. The predicted molar refractivity (Wildman–Crippen MR) is 68.2 cm³/mol. The second kappa shape index (κ2) is 7.05. The summed E-state index contributed by atoms with van der Waals surface area (Å²) in [5.41, 5.74) is 5.81. The molecule has 0 amide bonds. The Bertz CT molecular complexity index is 209. The zero-order valence-electron chi connectivity index (χ0n) is 10.9. The van der Waals surface area contributed by atoms with Gasteiger partial charge < -0.3 is 5.73 Å². The minimum atomic E-state index is -0.244.